The van der Waals surface area contributed by atoms with Crippen molar-refractivity contribution >= 4 is 34.2 Å². The maximum absolute atomic E-state index is 13.1. The predicted octanol–water partition coefficient (Wildman–Crippen LogP) is 3.39. The Labute approximate surface area is 170 Å². The molecule has 2 N–H and O–H groups in total. The van der Waals surface area contributed by atoms with Crippen molar-refractivity contribution in [2.75, 3.05) is 0 Å². The minimum Gasteiger partial charge on any atom is -0.444 e. The molecule has 3 aromatic heterocycles. The van der Waals surface area contributed by atoms with Crippen LogP contribution in [0.2, 0.25) is 0 Å². The Balaban J connectivity index is 1.81. The van der Waals surface area contributed by atoms with E-state index in [0.717, 1.165) is 4.88 Å². The second-order valence-corrected chi connectivity index (χ2v) is 7.49. The third-order valence-electron chi connectivity index (χ3n) is 4.55. The van der Waals surface area contributed by atoms with Crippen molar-refractivity contribution in [1.29, 1.82) is 0 Å². The maximum Gasteiger partial charge on any atom is 0.340 e. The van der Waals surface area contributed by atoms with Gasteiger partial charge < -0.3 is 10.5 Å². The van der Waals surface area contributed by atoms with Gasteiger partial charge in [-0.3, -0.25) is 9.48 Å². The second kappa shape index (κ2) is 7.48. The van der Waals surface area contributed by atoms with Crippen molar-refractivity contribution in [2.45, 2.75) is 13.0 Å². The molecule has 0 bridgehead atoms. The Morgan fingerprint density at radius 2 is 1.93 bits per heavy atom. The fourth-order valence-electron chi connectivity index (χ4n) is 3.25. The number of carbonyl (C=O) groups excluding carboxylic acids is 2. The van der Waals surface area contributed by atoms with E-state index in [1.54, 1.807) is 49.0 Å². The summed E-state index contributed by atoms with van der Waals surface area (Å²) in [5.41, 5.74) is 8.17. The SMILES string of the molecule is Cc1nn(C)c2nc(-c3cccs3)cc(C(=O)OC(C(N)=O)c3ccccc3)c12. The van der Waals surface area contributed by atoms with E-state index >= 15 is 0 Å². The molecule has 0 aliphatic heterocycles. The summed E-state index contributed by atoms with van der Waals surface area (Å²) in [6.07, 6.45) is -1.19. The van der Waals surface area contributed by atoms with Crippen molar-refractivity contribution in [3.63, 3.8) is 0 Å². The molecule has 1 unspecified atom stereocenters. The van der Waals surface area contributed by atoms with E-state index in [9.17, 15) is 9.59 Å². The van der Waals surface area contributed by atoms with Crippen LogP contribution in [-0.4, -0.2) is 26.6 Å². The van der Waals surface area contributed by atoms with Crippen molar-refractivity contribution in [2.24, 2.45) is 12.8 Å². The lowest BCUT2D eigenvalue weighted by molar-refractivity contribution is -0.127. The number of thiophene rings is 1. The number of carbonyl (C=O) groups is 2. The number of benzene rings is 1. The number of nitrogens with two attached hydrogens (primary N) is 1. The molecule has 4 aromatic rings. The molecule has 0 radical (unpaired) electrons. The van der Waals surface area contributed by atoms with E-state index in [1.165, 1.54) is 11.3 Å². The van der Waals surface area contributed by atoms with Crippen LogP contribution in [0.3, 0.4) is 0 Å². The standard InChI is InChI=1S/C21H18N4O3S/c1-12-17-14(21(27)28-18(19(22)26)13-7-4-3-5-8-13)11-15(16-9-6-10-29-16)23-20(17)25(2)24-12/h3-11,18H,1-2H3,(H2,22,26). The molecule has 29 heavy (non-hydrogen) atoms. The quantitative estimate of drug-likeness (QED) is 0.512. The highest BCUT2D eigenvalue weighted by molar-refractivity contribution is 7.13. The van der Waals surface area contributed by atoms with Crippen molar-refractivity contribution in [3.8, 4) is 10.6 Å². The number of hydrogen-bond acceptors (Lipinski definition) is 6. The predicted molar refractivity (Wildman–Crippen MR) is 110 cm³/mol. The first-order valence-electron chi connectivity index (χ1n) is 8.89. The van der Waals surface area contributed by atoms with E-state index in [1.807, 2.05) is 23.6 Å². The van der Waals surface area contributed by atoms with Gasteiger partial charge >= 0.3 is 5.97 Å². The zero-order valence-corrected chi connectivity index (χ0v) is 16.6. The summed E-state index contributed by atoms with van der Waals surface area (Å²) in [5.74, 6) is -1.39. The number of fused-ring (bicyclic) bond motifs is 1. The molecule has 0 aliphatic carbocycles. The molecule has 146 valence electrons. The van der Waals surface area contributed by atoms with Gasteiger partial charge in [0.15, 0.2) is 5.65 Å². The molecular formula is C21H18N4O3S. The second-order valence-electron chi connectivity index (χ2n) is 6.54. The third kappa shape index (κ3) is 3.50. The Bertz CT molecular complexity index is 1200. The van der Waals surface area contributed by atoms with Crippen LogP contribution >= 0.6 is 11.3 Å². The maximum atomic E-state index is 13.1. The number of aryl methyl sites for hydroxylation is 2. The lowest BCUT2D eigenvalue weighted by Gasteiger charge is -2.16. The van der Waals surface area contributed by atoms with Crippen LogP contribution in [0, 0.1) is 6.92 Å². The monoisotopic (exact) mass is 406 g/mol. The first-order valence-corrected chi connectivity index (χ1v) is 9.77. The molecule has 0 aliphatic rings. The van der Waals surface area contributed by atoms with Gasteiger partial charge in [-0.2, -0.15) is 5.10 Å². The minimum absolute atomic E-state index is 0.297. The number of ether oxygens (including phenoxy) is 1. The lowest BCUT2D eigenvalue weighted by atomic mass is 10.1. The topological polar surface area (TPSA) is 100 Å². The highest BCUT2D eigenvalue weighted by atomic mass is 32.1. The number of rotatable bonds is 5. The van der Waals surface area contributed by atoms with Gasteiger partial charge in [-0.1, -0.05) is 36.4 Å². The summed E-state index contributed by atoms with van der Waals surface area (Å²) < 4.78 is 7.18. The van der Waals surface area contributed by atoms with Crippen molar-refractivity contribution in [1.82, 2.24) is 14.8 Å². The van der Waals surface area contributed by atoms with Gasteiger partial charge in [0.05, 0.1) is 27.2 Å². The third-order valence-corrected chi connectivity index (χ3v) is 5.44. The Morgan fingerprint density at radius 1 is 1.17 bits per heavy atom. The van der Waals surface area contributed by atoms with Crippen LogP contribution in [0.4, 0.5) is 0 Å². The molecule has 1 atom stereocenters. The molecule has 1 aromatic carbocycles. The molecule has 1 amide bonds. The van der Waals surface area contributed by atoms with Crippen molar-refractivity contribution in [3.05, 3.63) is 70.7 Å². The van der Waals surface area contributed by atoms with Crippen LogP contribution in [0.15, 0.2) is 53.9 Å². The number of aromatic nitrogens is 3. The number of pyridine rings is 1. The van der Waals surface area contributed by atoms with Gasteiger partial charge in [-0.25, -0.2) is 9.78 Å². The van der Waals surface area contributed by atoms with Crippen LogP contribution in [0.5, 0.6) is 0 Å². The van der Waals surface area contributed by atoms with Gasteiger partial charge in [0.2, 0.25) is 6.10 Å². The first-order chi connectivity index (χ1) is 14.0. The van der Waals surface area contributed by atoms with E-state index < -0.39 is 18.0 Å². The number of primary amides is 1. The Kier molecular flexibility index (Phi) is 4.85. The molecule has 3 heterocycles. The highest BCUT2D eigenvalue weighted by Gasteiger charge is 2.26. The summed E-state index contributed by atoms with van der Waals surface area (Å²) in [6.45, 7) is 1.80. The van der Waals surface area contributed by atoms with E-state index in [0.29, 0.717) is 33.5 Å². The van der Waals surface area contributed by atoms with Crippen LogP contribution in [-0.2, 0) is 16.6 Å². The largest absolute Gasteiger partial charge is 0.444 e. The normalized spacial score (nSPS) is 12.1. The minimum atomic E-state index is -1.19. The summed E-state index contributed by atoms with van der Waals surface area (Å²) in [4.78, 5) is 30.7. The molecule has 8 heteroatoms. The molecule has 7 nitrogen and oxygen atoms in total. The molecule has 0 saturated heterocycles. The first kappa shape index (κ1) is 18.8. The van der Waals surface area contributed by atoms with Crippen LogP contribution in [0.25, 0.3) is 21.6 Å². The summed E-state index contributed by atoms with van der Waals surface area (Å²) >= 11 is 1.51. The number of hydrogen-bond donors (Lipinski definition) is 1. The van der Waals surface area contributed by atoms with Crippen molar-refractivity contribution < 1.29 is 14.3 Å². The van der Waals surface area contributed by atoms with Gasteiger partial charge in [-0.05, 0) is 24.4 Å². The number of esters is 1. The summed E-state index contributed by atoms with van der Waals surface area (Å²) in [7, 11) is 1.77. The molecular weight excluding hydrogens is 388 g/mol. The van der Waals surface area contributed by atoms with E-state index in [2.05, 4.69) is 10.1 Å². The Hall–Kier alpha value is -3.52. The van der Waals surface area contributed by atoms with Gasteiger partial charge in [-0.15, -0.1) is 11.3 Å². The average molecular weight is 406 g/mol. The summed E-state index contributed by atoms with van der Waals surface area (Å²) in [5, 5.41) is 6.91. The molecule has 4 rings (SSSR count). The Morgan fingerprint density at radius 3 is 2.59 bits per heavy atom. The molecule has 0 saturated carbocycles. The van der Waals surface area contributed by atoms with Gasteiger partial charge in [0, 0.05) is 12.6 Å². The smallest absolute Gasteiger partial charge is 0.340 e. The molecule has 0 fully saturated rings. The van der Waals surface area contributed by atoms with E-state index in [4.69, 9.17) is 10.5 Å². The highest BCUT2D eigenvalue weighted by Crippen LogP contribution is 2.30. The van der Waals surface area contributed by atoms with Crippen LogP contribution in [0.1, 0.15) is 27.7 Å². The number of nitrogens with zero attached hydrogens (tertiary/aromatic N) is 3. The van der Waals surface area contributed by atoms with Gasteiger partial charge in [0.1, 0.15) is 0 Å². The zero-order valence-electron chi connectivity index (χ0n) is 15.8. The summed E-state index contributed by atoms with van der Waals surface area (Å²) in [6, 6.07) is 14.2. The lowest BCUT2D eigenvalue weighted by Crippen LogP contribution is -2.26. The zero-order chi connectivity index (χ0) is 20.5. The van der Waals surface area contributed by atoms with Gasteiger partial charge in [0.25, 0.3) is 5.91 Å². The number of amides is 1. The fourth-order valence-corrected chi connectivity index (χ4v) is 3.93. The molecule has 0 spiro atoms. The van der Waals surface area contributed by atoms with E-state index in [-0.39, 0.29) is 0 Å². The van der Waals surface area contributed by atoms with Crippen LogP contribution < -0.4 is 5.73 Å². The average Bonchev–Trinajstić information content (AvgIpc) is 3.34. The fraction of sp³-hybridized carbons (Fsp3) is 0.143.